The van der Waals surface area contributed by atoms with E-state index in [0.717, 1.165) is 18.6 Å². The molecule has 1 saturated heterocycles. The first kappa shape index (κ1) is 14.7. The molecule has 1 heterocycles. The monoisotopic (exact) mass is 278 g/mol. The minimum absolute atomic E-state index is 0.101. The number of benzene rings is 1. The number of nitrogens with zero attached hydrogens (tertiary/aromatic N) is 1. The summed E-state index contributed by atoms with van der Waals surface area (Å²) in [6, 6.07) is 7.89. The van der Waals surface area contributed by atoms with Crippen LogP contribution in [-0.2, 0) is 11.2 Å². The van der Waals surface area contributed by atoms with Crippen LogP contribution in [0.15, 0.2) is 24.3 Å². The molecule has 0 saturated carbocycles. The zero-order valence-corrected chi connectivity index (χ0v) is 11.9. The third kappa shape index (κ3) is 4.42. The second-order valence-electron chi connectivity index (χ2n) is 4.76. The Morgan fingerprint density at radius 3 is 2.65 bits per heavy atom. The highest BCUT2D eigenvalue weighted by atomic mass is 16.5. The van der Waals surface area contributed by atoms with Gasteiger partial charge in [-0.05, 0) is 24.1 Å². The van der Waals surface area contributed by atoms with Gasteiger partial charge in [-0.15, -0.1) is 0 Å². The highest BCUT2D eigenvalue weighted by Gasteiger charge is 2.15. The summed E-state index contributed by atoms with van der Waals surface area (Å²) >= 11 is 0. The van der Waals surface area contributed by atoms with Gasteiger partial charge < -0.3 is 19.7 Å². The maximum atomic E-state index is 11.8. The molecule has 1 aromatic carbocycles. The molecule has 110 valence electrons. The summed E-state index contributed by atoms with van der Waals surface area (Å²) < 4.78 is 10.7. The Balaban J connectivity index is 1.70. The van der Waals surface area contributed by atoms with Crippen molar-refractivity contribution in [1.82, 2.24) is 10.2 Å². The normalized spacial score (nSPS) is 14.9. The molecule has 1 fully saturated rings. The van der Waals surface area contributed by atoms with Gasteiger partial charge in [0, 0.05) is 13.1 Å². The molecular weight excluding hydrogens is 256 g/mol. The van der Waals surface area contributed by atoms with Crippen LogP contribution in [-0.4, -0.2) is 44.0 Å². The van der Waals surface area contributed by atoms with Crippen molar-refractivity contribution in [2.45, 2.75) is 19.8 Å². The smallest absolute Gasteiger partial charge is 0.320 e. The van der Waals surface area contributed by atoms with E-state index in [4.69, 9.17) is 9.47 Å². The van der Waals surface area contributed by atoms with Gasteiger partial charge in [0.05, 0.1) is 13.2 Å². The molecule has 2 rings (SSSR count). The zero-order valence-electron chi connectivity index (χ0n) is 11.9. The second-order valence-corrected chi connectivity index (χ2v) is 4.76. The molecule has 0 unspecified atom stereocenters. The van der Waals surface area contributed by atoms with Crippen LogP contribution in [0.5, 0.6) is 5.75 Å². The molecule has 0 aliphatic carbocycles. The van der Waals surface area contributed by atoms with Crippen LogP contribution in [0.1, 0.15) is 18.9 Å². The Hall–Kier alpha value is -1.75. The van der Waals surface area contributed by atoms with E-state index in [2.05, 4.69) is 24.4 Å². The lowest BCUT2D eigenvalue weighted by molar-refractivity contribution is 0.0518. The van der Waals surface area contributed by atoms with Gasteiger partial charge in [0.25, 0.3) is 0 Å². The van der Waals surface area contributed by atoms with E-state index in [0.29, 0.717) is 26.3 Å². The minimum atomic E-state index is -0.101. The van der Waals surface area contributed by atoms with Crippen LogP contribution >= 0.6 is 0 Å². The third-order valence-electron chi connectivity index (χ3n) is 3.22. The summed E-state index contributed by atoms with van der Waals surface area (Å²) in [6.07, 6.45) is 2.21. The fourth-order valence-electron chi connectivity index (χ4n) is 2.10. The molecule has 0 bridgehead atoms. The highest BCUT2D eigenvalue weighted by molar-refractivity contribution is 5.74. The molecule has 1 aliphatic heterocycles. The first-order valence-corrected chi connectivity index (χ1v) is 7.12. The summed E-state index contributed by atoms with van der Waals surface area (Å²) in [5.41, 5.74) is 1.30. The van der Waals surface area contributed by atoms with E-state index >= 15 is 0 Å². The van der Waals surface area contributed by atoms with Gasteiger partial charge in [0.15, 0.2) is 6.73 Å². The van der Waals surface area contributed by atoms with E-state index in [1.54, 1.807) is 4.90 Å². The standard InChI is InChI=1S/C15H22N2O3/c1-2-3-13-4-6-14(7-5-13)20-12-16-15(18)17-8-10-19-11-9-17/h4-7H,2-3,8-12H2,1H3,(H,16,18). The quantitative estimate of drug-likeness (QED) is 0.838. The lowest BCUT2D eigenvalue weighted by Crippen LogP contribution is -2.47. The molecule has 2 amide bonds. The van der Waals surface area contributed by atoms with Crippen molar-refractivity contribution < 1.29 is 14.3 Å². The van der Waals surface area contributed by atoms with Crippen molar-refractivity contribution in [3.63, 3.8) is 0 Å². The van der Waals surface area contributed by atoms with E-state index in [1.165, 1.54) is 5.56 Å². The molecule has 0 aromatic heterocycles. The van der Waals surface area contributed by atoms with Gasteiger partial charge in [-0.3, -0.25) is 0 Å². The van der Waals surface area contributed by atoms with Crippen LogP contribution in [0.4, 0.5) is 4.79 Å². The van der Waals surface area contributed by atoms with Crippen molar-refractivity contribution in [1.29, 1.82) is 0 Å². The SMILES string of the molecule is CCCc1ccc(OCNC(=O)N2CCOCC2)cc1. The van der Waals surface area contributed by atoms with Crippen LogP contribution < -0.4 is 10.1 Å². The van der Waals surface area contributed by atoms with Crippen LogP contribution in [0.25, 0.3) is 0 Å². The molecule has 0 radical (unpaired) electrons. The van der Waals surface area contributed by atoms with Gasteiger partial charge in [0.1, 0.15) is 5.75 Å². The van der Waals surface area contributed by atoms with Crippen molar-refractivity contribution in [2.75, 3.05) is 33.0 Å². The molecule has 1 N–H and O–H groups in total. The number of hydrogen-bond donors (Lipinski definition) is 1. The molecule has 20 heavy (non-hydrogen) atoms. The molecule has 1 aromatic rings. The number of carbonyl (C=O) groups is 1. The van der Waals surface area contributed by atoms with E-state index in [1.807, 2.05) is 12.1 Å². The number of ether oxygens (including phenoxy) is 2. The number of carbonyl (C=O) groups excluding carboxylic acids is 1. The zero-order chi connectivity index (χ0) is 14.2. The fourth-order valence-corrected chi connectivity index (χ4v) is 2.10. The lowest BCUT2D eigenvalue weighted by Gasteiger charge is -2.26. The number of hydrogen-bond acceptors (Lipinski definition) is 3. The summed E-state index contributed by atoms with van der Waals surface area (Å²) in [5, 5.41) is 2.75. The van der Waals surface area contributed by atoms with Gasteiger partial charge in [-0.1, -0.05) is 25.5 Å². The first-order valence-electron chi connectivity index (χ1n) is 7.12. The summed E-state index contributed by atoms with van der Waals surface area (Å²) in [7, 11) is 0. The predicted molar refractivity (Wildman–Crippen MR) is 76.9 cm³/mol. The third-order valence-corrected chi connectivity index (χ3v) is 3.22. The minimum Gasteiger partial charge on any atom is -0.473 e. The lowest BCUT2D eigenvalue weighted by atomic mass is 10.1. The highest BCUT2D eigenvalue weighted by Crippen LogP contribution is 2.12. The Kier molecular flexibility index (Phi) is 5.68. The second kappa shape index (κ2) is 7.75. The Bertz CT molecular complexity index is 414. The molecule has 5 heteroatoms. The molecular formula is C15H22N2O3. The summed E-state index contributed by atoms with van der Waals surface area (Å²) in [4.78, 5) is 13.5. The Labute approximate surface area is 119 Å². The van der Waals surface area contributed by atoms with Crippen molar-refractivity contribution in [3.05, 3.63) is 29.8 Å². The average molecular weight is 278 g/mol. The van der Waals surface area contributed by atoms with Crippen molar-refractivity contribution in [3.8, 4) is 5.75 Å². The largest absolute Gasteiger partial charge is 0.473 e. The van der Waals surface area contributed by atoms with Gasteiger partial charge in [-0.2, -0.15) is 0 Å². The molecule has 5 nitrogen and oxygen atoms in total. The number of rotatable bonds is 5. The van der Waals surface area contributed by atoms with E-state index in [-0.39, 0.29) is 12.8 Å². The fraction of sp³-hybridized carbons (Fsp3) is 0.533. The van der Waals surface area contributed by atoms with Gasteiger partial charge in [-0.25, -0.2) is 4.79 Å². The maximum Gasteiger partial charge on any atom is 0.320 e. The van der Waals surface area contributed by atoms with Crippen LogP contribution in [0, 0.1) is 0 Å². The average Bonchev–Trinajstić information content (AvgIpc) is 2.50. The molecule has 1 aliphatic rings. The van der Waals surface area contributed by atoms with Crippen molar-refractivity contribution >= 4 is 6.03 Å². The number of amides is 2. The maximum absolute atomic E-state index is 11.8. The predicted octanol–water partition coefficient (Wildman–Crippen LogP) is 2.02. The van der Waals surface area contributed by atoms with E-state index in [9.17, 15) is 4.79 Å². The first-order chi connectivity index (χ1) is 9.79. The van der Waals surface area contributed by atoms with Crippen LogP contribution in [0.3, 0.4) is 0 Å². The van der Waals surface area contributed by atoms with E-state index < -0.39 is 0 Å². The number of nitrogens with one attached hydrogen (secondary N) is 1. The Morgan fingerprint density at radius 1 is 1.30 bits per heavy atom. The molecule has 0 atom stereocenters. The number of morpholine rings is 1. The number of aryl methyl sites for hydroxylation is 1. The summed E-state index contributed by atoms with van der Waals surface area (Å²) in [5.74, 6) is 0.770. The van der Waals surface area contributed by atoms with Crippen LogP contribution in [0.2, 0.25) is 0 Å². The number of urea groups is 1. The topological polar surface area (TPSA) is 50.8 Å². The summed E-state index contributed by atoms with van der Waals surface area (Å²) in [6.45, 7) is 4.82. The Morgan fingerprint density at radius 2 is 2.00 bits per heavy atom. The molecule has 0 spiro atoms. The van der Waals surface area contributed by atoms with Crippen molar-refractivity contribution in [2.24, 2.45) is 0 Å². The van der Waals surface area contributed by atoms with Gasteiger partial charge in [0.2, 0.25) is 0 Å². The van der Waals surface area contributed by atoms with Gasteiger partial charge >= 0.3 is 6.03 Å².